The molecule has 0 spiro atoms. The van der Waals surface area contributed by atoms with E-state index in [0.717, 1.165) is 0 Å². The second-order valence-electron chi connectivity index (χ2n) is 2.49. The van der Waals surface area contributed by atoms with Crippen molar-refractivity contribution in [3.8, 4) is 0 Å². The van der Waals surface area contributed by atoms with Gasteiger partial charge in [-0.1, -0.05) is 0 Å². The van der Waals surface area contributed by atoms with Crippen LogP contribution in [0.3, 0.4) is 0 Å². The molecule has 0 atom stereocenters. The molecule has 13 heavy (non-hydrogen) atoms. The van der Waals surface area contributed by atoms with Crippen LogP contribution in [0, 0.1) is 10.1 Å². The molecule has 0 unspecified atom stereocenters. The number of aromatic amines is 1. The van der Waals surface area contributed by atoms with E-state index in [1.807, 2.05) is 0 Å². The lowest BCUT2D eigenvalue weighted by Gasteiger charge is -1.94. The monoisotopic (exact) mass is 182 g/mol. The molecular formula is C8H10N2O3. The molecule has 1 rings (SSSR count). The van der Waals surface area contributed by atoms with Crippen molar-refractivity contribution in [2.24, 2.45) is 0 Å². The number of aromatic nitrogens is 1. The zero-order chi connectivity index (χ0) is 9.68. The van der Waals surface area contributed by atoms with E-state index in [1.165, 1.54) is 6.08 Å². The van der Waals surface area contributed by atoms with Crippen LogP contribution in [-0.4, -0.2) is 21.6 Å². The molecule has 5 heteroatoms. The van der Waals surface area contributed by atoms with Gasteiger partial charge in [0.1, 0.15) is 0 Å². The molecule has 0 bridgehead atoms. The zero-order valence-electron chi connectivity index (χ0n) is 6.93. The number of hydrogen-bond acceptors (Lipinski definition) is 3. The van der Waals surface area contributed by atoms with Gasteiger partial charge in [0.15, 0.2) is 0 Å². The Kier molecular flexibility index (Phi) is 3.22. The van der Waals surface area contributed by atoms with Crippen LogP contribution in [0.15, 0.2) is 24.0 Å². The van der Waals surface area contributed by atoms with Crippen molar-refractivity contribution < 1.29 is 10.0 Å². The zero-order valence-corrected chi connectivity index (χ0v) is 6.93. The first-order valence-corrected chi connectivity index (χ1v) is 3.83. The summed E-state index contributed by atoms with van der Waals surface area (Å²) >= 11 is 0. The normalized spacial score (nSPS) is 11.6. The number of aliphatic hydroxyl groups is 1. The third-order valence-electron chi connectivity index (χ3n) is 1.55. The van der Waals surface area contributed by atoms with Gasteiger partial charge in [0.25, 0.3) is 5.70 Å². The van der Waals surface area contributed by atoms with Gasteiger partial charge in [-0.05, 0) is 12.1 Å². The number of nitrogens with zero attached hydrogens (tertiary/aromatic N) is 1. The van der Waals surface area contributed by atoms with Crippen LogP contribution < -0.4 is 0 Å². The van der Waals surface area contributed by atoms with Crippen molar-refractivity contribution in [3.05, 3.63) is 39.8 Å². The fourth-order valence-corrected chi connectivity index (χ4v) is 0.944. The molecule has 0 saturated carbocycles. The van der Waals surface area contributed by atoms with Crippen LogP contribution in [0.25, 0.3) is 6.08 Å². The molecule has 1 heterocycles. The van der Waals surface area contributed by atoms with E-state index in [2.05, 4.69) is 4.98 Å². The van der Waals surface area contributed by atoms with Crippen LogP contribution in [0.1, 0.15) is 12.1 Å². The molecule has 0 aliphatic rings. The number of hydrogen-bond donors (Lipinski definition) is 2. The Bertz CT molecular complexity index is 303. The molecule has 1 aromatic rings. The minimum Gasteiger partial charge on any atom is -0.396 e. The van der Waals surface area contributed by atoms with Gasteiger partial charge in [-0.2, -0.15) is 0 Å². The minimum absolute atomic E-state index is 0.00458. The maximum atomic E-state index is 10.4. The van der Waals surface area contributed by atoms with Gasteiger partial charge < -0.3 is 10.1 Å². The van der Waals surface area contributed by atoms with Gasteiger partial charge in [-0.15, -0.1) is 0 Å². The molecule has 0 aliphatic heterocycles. The van der Waals surface area contributed by atoms with Crippen molar-refractivity contribution in [1.29, 1.82) is 0 Å². The summed E-state index contributed by atoms with van der Waals surface area (Å²) in [5, 5.41) is 19.0. The Morgan fingerprint density at radius 1 is 1.77 bits per heavy atom. The van der Waals surface area contributed by atoms with Crippen LogP contribution in [0.4, 0.5) is 0 Å². The van der Waals surface area contributed by atoms with Gasteiger partial charge in [0.2, 0.25) is 0 Å². The molecule has 0 radical (unpaired) electrons. The van der Waals surface area contributed by atoms with Gasteiger partial charge in [0, 0.05) is 18.0 Å². The Hall–Kier alpha value is -1.62. The Morgan fingerprint density at radius 3 is 3.00 bits per heavy atom. The maximum absolute atomic E-state index is 10.4. The second kappa shape index (κ2) is 4.42. The van der Waals surface area contributed by atoms with Gasteiger partial charge in [-0.25, -0.2) is 0 Å². The topological polar surface area (TPSA) is 79.2 Å². The molecule has 5 nitrogen and oxygen atoms in total. The van der Waals surface area contributed by atoms with Crippen molar-refractivity contribution in [2.45, 2.75) is 6.42 Å². The van der Waals surface area contributed by atoms with E-state index in [0.29, 0.717) is 5.69 Å². The van der Waals surface area contributed by atoms with E-state index in [-0.39, 0.29) is 18.7 Å². The molecule has 70 valence electrons. The summed E-state index contributed by atoms with van der Waals surface area (Å²) in [5.41, 5.74) is 0.671. The van der Waals surface area contributed by atoms with Crippen molar-refractivity contribution in [3.63, 3.8) is 0 Å². The highest BCUT2D eigenvalue weighted by Crippen LogP contribution is 2.07. The van der Waals surface area contributed by atoms with E-state index < -0.39 is 4.92 Å². The number of H-pyrrole nitrogens is 1. The first kappa shape index (κ1) is 9.47. The fraction of sp³-hybridized carbons (Fsp3) is 0.250. The summed E-state index contributed by atoms with van der Waals surface area (Å²) in [5.74, 6) is 0. The fourth-order valence-electron chi connectivity index (χ4n) is 0.944. The molecular weight excluding hydrogens is 172 g/mol. The lowest BCUT2D eigenvalue weighted by molar-refractivity contribution is -0.426. The first-order chi connectivity index (χ1) is 6.24. The molecule has 0 aromatic carbocycles. The average molecular weight is 182 g/mol. The lowest BCUT2D eigenvalue weighted by atomic mass is 10.3. The van der Waals surface area contributed by atoms with Crippen LogP contribution in [0.2, 0.25) is 0 Å². The predicted octanol–water partition coefficient (Wildman–Crippen LogP) is 1.01. The Labute approximate surface area is 74.9 Å². The highest BCUT2D eigenvalue weighted by Gasteiger charge is 2.09. The summed E-state index contributed by atoms with van der Waals surface area (Å²) in [6.45, 7) is -0.215. The molecule has 1 aromatic heterocycles. The van der Waals surface area contributed by atoms with Gasteiger partial charge in [-0.3, -0.25) is 10.1 Å². The average Bonchev–Trinajstić information content (AvgIpc) is 2.56. The van der Waals surface area contributed by atoms with Crippen LogP contribution in [0.5, 0.6) is 0 Å². The molecule has 0 saturated heterocycles. The molecule has 2 N–H and O–H groups in total. The summed E-state index contributed by atoms with van der Waals surface area (Å²) in [4.78, 5) is 12.8. The number of nitrogens with one attached hydrogen (secondary N) is 1. The second-order valence-corrected chi connectivity index (χ2v) is 2.49. The molecule has 0 aliphatic carbocycles. The van der Waals surface area contributed by atoms with E-state index in [4.69, 9.17) is 5.11 Å². The summed E-state index contributed by atoms with van der Waals surface area (Å²) < 4.78 is 0. The van der Waals surface area contributed by atoms with Crippen LogP contribution >= 0.6 is 0 Å². The quantitative estimate of drug-likeness (QED) is 0.538. The summed E-state index contributed by atoms with van der Waals surface area (Å²) in [7, 11) is 0. The largest absolute Gasteiger partial charge is 0.396 e. The van der Waals surface area contributed by atoms with E-state index in [1.54, 1.807) is 18.3 Å². The lowest BCUT2D eigenvalue weighted by Crippen LogP contribution is -2.00. The number of rotatable bonds is 4. The number of nitro groups is 1. The summed E-state index contributed by atoms with van der Waals surface area (Å²) in [6, 6.07) is 3.48. The molecule has 0 amide bonds. The third-order valence-corrected chi connectivity index (χ3v) is 1.55. The third kappa shape index (κ3) is 2.72. The van der Waals surface area contributed by atoms with Crippen molar-refractivity contribution in [2.75, 3.05) is 6.61 Å². The summed E-state index contributed by atoms with van der Waals surface area (Å²) in [6.07, 6.45) is 3.16. The van der Waals surface area contributed by atoms with Crippen molar-refractivity contribution >= 4 is 6.08 Å². The minimum atomic E-state index is -0.489. The smallest absolute Gasteiger partial charge is 0.250 e. The van der Waals surface area contributed by atoms with E-state index in [9.17, 15) is 10.1 Å². The van der Waals surface area contributed by atoms with Crippen molar-refractivity contribution in [1.82, 2.24) is 4.98 Å². The van der Waals surface area contributed by atoms with E-state index >= 15 is 0 Å². The first-order valence-electron chi connectivity index (χ1n) is 3.83. The van der Waals surface area contributed by atoms with Crippen LogP contribution in [-0.2, 0) is 0 Å². The molecule has 0 fully saturated rings. The SMILES string of the molecule is O=[N+]([O-])/C(=C/c1ccc[nH]1)CCO. The van der Waals surface area contributed by atoms with Gasteiger partial charge in [0.05, 0.1) is 18.0 Å². The standard InChI is InChI=1S/C8H10N2O3/c11-5-3-8(10(12)13)6-7-2-1-4-9-7/h1-2,4,6,9,11H,3,5H2/b8-6+. The number of aliphatic hydroxyl groups excluding tert-OH is 1. The maximum Gasteiger partial charge on any atom is 0.250 e. The van der Waals surface area contributed by atoms with Gasteiger partial charge >= 0.3 is 0 Å². The highest BCUT2D eigenvalue weighted by molar-refractivity contribution is 5.46. The highest BCUT2D eigenvalue weighted by atomic mass is 16.6. The Morgan fingerprint density at radius 2 is 2.54 bits per heavy atom. The Balaban J connectivity index is 2.80. The predicted molar refractivity (Wildman–Crippen MR) is 47.5 cm³/mol.